The summed E-state index contributed by atoms with van der Waals surface area (Å²) in [5.41, 5.74) is 8.14. The highest BCUT2D eigenvalue weighted by Gasteiger charge is 2.15. The van der Waals surface area contributed by atoms with E-state index in [2.05, 4.69) is 50.7 Å². The number of anilines is 1. The van der Waals surface area contributed by atoms with Crippen LogP contribution in [0.4, 0.5) is 5.82 Å². The average Bonchev–Trinajstić information content (AvgIpc) is 2.14. The summed E-state index contributed by atoms with van der Waals surface area (Å²) in [5.74, 6) is 1.05. The van der Waals surface area contributed by atoms with Gasteiger partial charge in [0.05, 0.1) is 0 Å². The lowest BCUT2D eigenvalue weighted by molar-refractivity contribution is 0.417. The summed E-state index contributed by atoms with van der Waals surface area (Å²) in [5, 5.41) is 0. The predicted octanol–water partition coefficient (Wildman–Crippen LogP) is 2.33. The Hall–Kier alpha value is -1.09. The second-order valence-corrected chi connectivity index (χ2v) is 5.60. The summed E-state index contributed by atoms with van der Waals surface area (Å²) >= 11 is 0. The number of pyridine rings is 1. The molecule has 3 nitrogen and oxygen atoms in total. The van der Waals surface area contributed by atoms with Crippen molar-refractivity contribution in [1.29, 1.82) is 0 Å². The molecule has 0 unspecified atom stereocenters. The maximum absolute atomic E-state index is 5.59. The Morgan fingerprint density at radius 3 is 2.44 bits per heavy atom. The van der Waals surface area contributed by atoms with Gasteiger partial charge in [0.25, 0.3) is 0 Å². The highest BCUT2D eigenvalue weighted by molar-refractivity contribution is 5.46. The third-order valence-electron chi connectivity index (χ3n) is 2.42. The van der Waals surface area contributed by atoms with E-state index in [0.29, 0.717) is 6.54 Å². The first-order valence-corrected chi connectivity index (χ1v) is 5.70. The molecule has 3 heteroatoms. The zero-order chi connectivity index (χ0) is 12.3. The molecule has 1 aromatic rings. The van der Waals surface area contributed by atoms with Gasteiger partial charge in [-0.3, -0.25) is 0 Å². The fourth-order valence-corrected chi connectivity index (χ4v) is 1.92. The third kappa shape index (κ3) is 3.49. The van der Waals surface area contributed by atoms with Gasteiger partial charge in [-0.05, 0) is 29.5 Å². The Bertz CT molecular complexity index is 353. The van der Waals surface area contributed by atoms with Gasteiger partial charge < -0.3 is 10.6 Å². The molecule has 0 aromatic carbocycles. The van der Waals surface area contributed by atoms with Crippen molar-refractivity contribution >= 4 is 5.82 Å². The van der Waals surface area contributed by atoms with Gasteiger partial charge in [-0.2, -0.15) is 0 Å². The molecule has 1 aromatic heterocycles. The molecule has 1 rings (SSSR count). The molecular formula is C13H23N3. The lowest BCUT2D eigenvalue weighted by Crippen LogP contribution is -2.30. The molecule has 0 aliphatic rings. The molecule has 0 atom stereocenters. The smallest absolute Gasteiger partial charge is 0.131 e. The van der Waals surface area contributed by atoms with Crippen LogP contribution in [0.5, 0.6) is 0 Å². The lowest BCUT2D eigenvalue weighted by atomic mass is 9.96. The number of rotatable bonds is 3. The fraction of sp³-hybridized carbons (Fsp3) is 0.615. The third-order valence-corrected chi connectivity index (χ3v) is 2.42. The van der Waals surface area contributed by atoms with Crippen molar-refractivity contribution in [1.82, 2.24) is 4.98 Å². The molecule has 0 saturated heterocycles. The highest BCUT2D eigenvalue weighted by atomic mass is 15.2. The van der Waals surface area contributed by atoms with Crippen molar-refractivity contribution in [2.75, 3.05) is 18.5 Å². The molecular weight excluding hydrogens is 198 g/mol. The first-order valence-electron chi connectivity index (χ1n) is 5.70. The number of hydrogen-bond donors (Lipinski definition) is 1. The Labute approximate surface area is 98.7 Å². The molecule has 0 radical (unpaired) electrons. The molecule has 0 bridgehead atoms. The van der Waals surface area contributed by atoms with Crippen LogP contribution in [0.15, 0.2) is 12.3 Å². The summed E-state index contributed by atoms with van der Waals surface area (Å²) in [6.45, 7) is 10.3. The van der Waals surface area contributed by atoms with Gasteiger partial charge in [-0.25, -0.2) is 4.98 Å². The van der Waals surface area contributed by atoms with Gasteiger partial charge in [0.1, 0.15) is 5.82 Å². The van der Waals surface area contributed by atoms with Gasteiger partial charge in [0, 0.05) is 26.3 Å². The zero-order valence-electron chi connectivity index (χ0n) is 11.0. The van der Waals surface area contributed by atoms with Crippen LogP contribution in [0, 0.1) is 12.3 Å². The van der Waals surface area contributed by atoms with E-state index in [9.17, 15) is 0 Å². The average molecular weight is 221 g/mol. The molecule has 2 N–H and O–H groups in total. The van der Waals surface area contributed by atoms with E-state index >= 15 is 0 Å². The van der Waals surface area contributed by atoms with Gasteiger partial charge in [0.15, 0.2) is 0 Å². The van der Waals surface area contributed by atoms with E-state index in [1.807, 2.05) is 6.20 Å². The Balaban J connectivity index is 2.88. The topological polar surface area (TPSA) is 42.1 Å². The van der Waals surface area contributed by atoms with E-state index in [1.54, 1.807) is 0 Å². The Kier molecular flexibility index (Phi) is 3.92. The van der Waals surface area contributed by atoms with Crippen molar-refractivity contribution in [2.45, 2.75) is 34.2 Å². The maximum Gasteiger partial charge on any atom is 0.131 e. The normalized spacial score (nSPS) is 11.6. The van der Waals surface area contributed by atoms with E-state index in [1.165, 1.54) is 5.56 Å². The second-order valence-electron chi connectivity index (χ2n) is 5.60. The molecule has 0 fully saturated rings. The fourth-order valence-electron chi connectivity index (χ4n) is 1.92. The Morgan fingerprint density at radius 1 is 1.38 bits per heavy atom. The van der Waals surface area contributed by atoms with Crippen molar-refractivity contribution in [3.8, 4) is 0 Å². The van der Waals surface area contributed by atoms with Gasteiger partial charge in [-0.1, -0.05) is 20.8 Å². The molecule has 0 aliphatic carbocycles. The van der Waals surface area contributed by atoms with Crippen LogP contribution in [0.2, 0.25) is 0 Å². The molecule has 0 amide bonds. The highest BCUT2D eigenvalue weighted by Crippen LogP contribution is 2.21. The van der Waals surface area contributed by atoms with Crippen LogP contribution >= 0.6 is 0 Å². The minimum absolute atomic E-state index is 0.273. The second kappa shape index (κ2) is 4.83. The molecule has 1 heterocycles. The summed E-state index contributed by atoms with van der Waals surface area (Å²) in [6, 6.07) is 2.11. The summed E-state index contributed by atoms with van der Waals surface area (Å²) in [7, 11) is 2.09. The van der Waals surface area contributed by atoms with Crippen molar-refractivity contribution in [2.24, 2.45) is 11.1 Å². The number of hydrogen-bond acceptors (Lipinski definition) is 3. The summed E-state index contributed by atoms with van der Waals surface area (Å²) in [6.07, 6.45) is 1.86. The van der Waals surface area contributed by atoms with Crippen LogP contribution in [-0.2, 0) is 6.54 Å². The number of aryl methyl sites for hydroxylation is 1. The number of nitrogens with two attached hydrogens (primary N) is 1. The quantitative estimate of drug-likeness (QED) is 0.851. The van der Waals surface area contributed by atoms with Gasteiger partial charge in [-0.15, -0.1) is 0 Å². The first kappa shape index (κ1) is 13.0. The zero-order valence-corrected chi connectivity index (χ0v) is 11.0. The largest absolute Gasteiger partial charge is 0.359 e. The van der Waals surface area contributed by atoms with Crippen molar-refractivity contribution in [3.63, 3.8) is 0 Å². The summed E-state index contributed by atoms with van der Waals surface area (Å²) < 4.78 is 0. The van der Waals surface area contributed by atoms with Crippen LogP contribution in [0.1, 0.15) is 31.9 Å². The maximum atomic E-state index is 5.59. The van der Waals surface area contributed by atoms with Gasteiger partial charge >= 0.3 is 0 Å². The predicted molar refractivity (Wildman–Crippen MR) is 69.6 cm³/mol. The first-order chi connectivity index (χ1) is 7.33. The number of nitrogens with zero attached hydrogens (tertiary/aromatic N) is 2. The molecule has 16 heavy (non-hydrogen) atoms. The molecule has 0 spiro atoms. The van der Waals surface area contributed by atoms with E-state index < -0.39 is 0 Å². The lowest BCUT2D eigenvalue weighted by Gasteiger charge is -2.28. The van der Waals surface area contributed by atoms with Crippen molar-refractivity contribution in [3.05, 3.63) is 23.4 Å². The molecule has 0 saturated carbocycles. The van der Waals surface area contributed by atoms with E-state index in [4.69, 9.17) is 5.73 Å². The monoisotopic (exact) mass is 221 g/mol. The van der Waals surface area contributed by atoms with Crippen molar-refractivity contribution < 1.29 is 0 Å². The Morgan fingerprint density at radius 2 is 2.00 bits per heavy atom. The standard InChI is InChI=1S/C13H23N3/c1-10-6-11(7-14)8-15-12(10)16(5)9-13(2,3)4/h6,8H,7,9,14H2,1-5H3. The minimum Gasteiger partial charge on any atom is -0.359 e. The molecule has 90 valence electrons. The minimum atomic E-state index is 0.273. The molecule has 0 aliphatic heterocycles. The van der Waals surface area contributed by atoms with Crippen LogP contribution < -0.4 is 10.6 Å². The van der Waals surface area contributed by atoms with E-state index in [-0.39, 0.29) is 5.41 Å². The van der Waals surface area contributed by atoms with Crippen LogP contribution in [0.3, 0.4) is 0 Å². The van der Waals surface area contributed by atoms with Crippen LogP contribution in [-0.4, -0.2) is 18.6 Å². The SMILES string of the molecule is Cc1cc(CN)cnc1N(C)CC(C)(C)C. The summed E-state index contributed by atoms with van der Waals surface area (Å²) in [4.78, 5) is 6.68. The number of aromatic nitrogens is 1. The van der Waals surface area contributed by atoms with Gasteiger partial charge in [0.2, 0.25) is 0 Å². The van der Waals surface area contributed by atoms with E-state index in [0.717, 1.165) is 17.9 Å². The van der Waals surface area contributed by atoms with Crippen LogP contribution in [0.25, 0.3) is 0 Å².